The number of aromatic nitrogens is 2. The van der Waals surface area contributed by atoms with Crippen LogP contribution in [0.25, 0.3) is 0 Å². The number of nitrogens with zero attached hydrogens (tertiary/aromatic N) is 1. The molecule has 0 aliphatic heterocycles. The fraction of sp³-hybridized carbons (Fsp3) is 0.667. The zero-order valence-corrected chi connectivity index (χ0v) is 11.1. The van der Waals surface area contributed by atoms with Crippen molar-refractivity contribution in [3.8, 4) is 0 Å². The minimum atomic E-state index is -0.0857. The summed E-state index contributed by atoms with van der Waals surface area (Å²) in [6.07, 6.45) is 3.61. The molecule has 0 bridgehead atoms. The number of aryl methyl sites for hydroxylation is 1. The van der Waals surface area contributed by atoms with Gasteiger partial charge in [0, 0.05) is 17.4 Å². The second-order valence-electron chi connectivity index (χ2n) is 4.45. The van der Waals surface area contributed by atoms with E-state index >= 15 is 0 Å². The van der Waals surface area contributed by atoms with Gasteiger partial charge in [-0.3, -0.25) is 4.79 Å². The molecule has 17 heavy (non-hydrogen) atoms. The molecule has 1 saturated carbocycles. The van der Waals surface area contributed by atoms with Crippen LogP contribution in [0.3, 0.4) is 0 Å². The first-order chi connectivity index (χ1) is 8.17. The van der Waals surface area contributed by atoms with Crippen molar-refractivity contribution >= 4 is 17.6 Å². The molecule has 1 heterocycles. The molecule has 0 spiro atoms. The summed E-state index contributed by atoms with van der Waals surface area (Å²) in [5.74, 6) is 2.55. The van der Waals surface area contributed by atoms with E-state index in [1.165, 1.54) is 31.1 Å². The smallest absolute Gasteiger partial charge is 0.252 e. The molecule has 1 aliphatic carbocycles. The molecule has 1 fully saturated rings. The highest BCUT2D eigenvalue weighted by atomic mass is 32.2. The quantitative estimate of drug-likeness (QED) is 0.863. The van der Waals surface area contributed by atoms with Crippen molar-refractivity contribution in [2.24, 2.45) is 0 Å². The summed E-state index contributed by atoms with van der Waals surface area (Å²) in [6.45, 7) is 4.00. The van der Waals surface area contributed by atoms with Gasteiger partial charge in [-0.15, -0.1) is 0 Å². The fourth-order valence-electron chi connectivity index (χ4n) is 2.32. The Morgan fingerprint density at radius 3 is 3.12 bits per heavy atom. The largest absolute Gasteiger partial charge is 0.367 e. The molecular formula is C12H19N3OS. The van der Waals surface area contributed by atoms with Gasteiger partial charge in [0.15, 0.2) is 0 Å². The predicted octanol–water partition coefficient (Wildman–Crippen LogP) is 2.16. The molecule has 1 aliphatic rings. The molecule has 2 atom stereocenters. The number of H-pyrrole nitrogens is 1. The van der Waals surface area contributed by atoms with Crippen LogP contribution < -0.4 is 10.9 Å². The highest BCUT2D eigenvalue weighted by molar-refractivity contribution is 7.99. The molecule has 1 aromatic heterocycles. The third-order valence-corrected chi connectivity index (χ3v) is 4.23. The lowest BCUT2D eigenvalue weighted by Crippen LogP contribution is -2.19. The second kappa shape index (κ2) is 5.58. The molecule has 5 heteroatoms. The Hall–Kier alpha value is -0.970. The third kappa shape index (κ3) is 3.49. The number of hydrogen-bond acceptors (Lipinski definition) is 4. The Labute approximate surface area is 106 Å². The Balaban J connectivity index is 1.95. The van der Waals surface area contributed by atoms with E-state index in [2.05, 4.69) is 22.2 Å². The molecule has 0 amide bonds. The Morgan fingerprint density at radius 1 is 1.59 bits per heavy atom. The van der Waals surface area contributed by atoms with Crippen molar-refractivity contribution in [3.05, 3.63) is 22.2 Å². The van der Waals surface area contributed by atoms with Crippen LogP contribution in [-0.4, -0.2) is 27.0 Å². The van der Waals surface area contributed by atoms with Gasteiger partial charge in [-0.2, -0.15) is 11.8 Å². The summed E-state index contributed by atoms with van der Waals surface area (Å²) in [5, 5.41) is 4.13. The lowest BCUT2D eigenvalue weighted by Gasteiger charge is -2.13. The van der Waals surface area contributed by atoms with Gasteiger partial charge in [0.2, 0.25) is 0 Å². The number of hydrogen-bond donors (Lipinski definition) is 2. The van der Waals surface area contributed by atoms with E-state index in [1.54, 1.807) is 6.92 Å². The van der Waals surface area contributed by atoms with Crippen molar-refractivity contribution in [1.29, 1.82) is 0 Å². The lowest BCUT2D eigenvalue weighted by atomic mass is 10.2. The Kier molecular flexibility index (Phi) is 4.10. The standard InChI is InChI=1S/C12H19N3OS/c1-3-17-10-5-4-9(6-10)15-11-7-12(16)14-8(2)13-11/h7,9-10H,3-6H2,1-2H3,(H2,13,14,15,16). The number of aromatic amines is 1. The van der Waals surface area contributed by atoms with Crippen LogP contribution in [-0.2, 0) is 0 Å². The van der Waals surface area contributed by atoms with Gasteiger partial charge in [-0.25, -0.2) is 4.98 Å². The van der Waals surface area contributed by atoms with E-state index in [1.807, 2.05) is 11.8 Å². The average molecular weight is 253 g/mol. The molecule has 0 aromatic carbocycles. The number of thioether (sulfide) groups is 1. The first-order valence-electron chi connectivity index (χ1n) is 6.13. The maximum absolute atomic E-state index is 11.3. The fourth-order valence-corrected chi connectivity index (χ4v) is 3.46. The normalized spacial score (nSPS) is 23.9. The van der Waals surface area contributed by atoms with E-state index < -0.39 is 0 Å². The van der Waals surface area contributed by atoms with Crippen LogP contribution in [0.1, 0.15) is 32.0 Å². The number of rotatable bonds is 4. The molecule has 4 nitrogen and oxygen atoms in total. The van der Waals surface area contributed by atoms with Gasteiger partial charge in [0.05, 0.1) is 0 Å². The molecule has 0 saturated heterocycles. The number of nitrogens with one attached hydrogen (secondary N) is 2. The first kappa shape index (κ1) is 12.5. The summed E-state index contributed by atoms with van der Waals surface area (Å²) in [5.41, 5.74) is -0.0857. The van der Waals surface area contributed by atoms with E-state index in [9.17, 15) is 4.79 Å². The van der Waals surface area contributed by atoms with Crippen LogP contribution in [0.5, 0.6) is 0 Å². The average Bonchev–Trinajstić information content (AvgIpc) is 2.64. The maximum atomic E-state index is 11.3. The molecule has 1 aromatic rings. The Morgan fingerprint density at radius 2 is 2.41 bits per heavy atom. The number of anilines is 1. The monoisotopic (exact) mass is 253 g/mol. The van der Waals surface area contributed by atoms with E-state index in [0.717, 1.165) is 5.25 Å². The van der Waals surface area contributed by atoms with Crippen LogP contribution >= 0.6 is 11.8 Å². The minimum Gasteiger partial charge on any atom is -0.367 e. The highest BCUT2D eigenvalue weighted by Crippen LogP contribution is 2.30. The SMILES string of the molecule is CCSC1CCC(Nc2cc(=O)[nH]c(C)n2)C1. The summed E-state index contributed by atoms with van der Waals surface area (Å²) in [6, 6.07) is 2.00. The van der Waals surface area contributed by atoms with Gasteiger partial charge in [-0.1, -0.05) is 6.92 Å². The highest BCUT2D eigenvalue weighted by Gasteiger charge is 2.24. The zero-order chi connectivity index (χ0) is 12.3. The third-order valence-electron chi connectivity index (χ3n) is 3.00. The summed E-state index contributed by atoms with van der Waals surface area (Å²) in [4.78, 5) is 18.3. The van der Waals surface area contributed by atoms with Gasteiger partial charge in [0.1, 0.15) is 11.6 Å². The second-order valence-corrected chi connectivity index (χ2v) is 6.03. The zero-order valence-electron chi connectivity index (χ0n) is 10.3. The van der Waals surface area contributed by atoms with Gasteiger partial charge in [-0.05, 0) is 31.9 Å². The molecule has 0 radical (unpaired) electrons. The molecular weight excluding hydrogens is 234 g/mol. The molecule has 2 unspecified atom stereocenters. The maximum Gasteiger partial charge on any atom is 0.252 e. The predicted molar refractivity (Wildman–Crippen MR) is 72.8 cm³/mol. The van der Waals surface area contributed by atoms with Gasteiger partial charge in [0.25, 0.3) is 5.56 Å². The Bertz CT molecular complexity index is 432. The van der Waals surface area contributed by atoms with E-state index in [0.29, 0.717) is 17.7 Å². The van der Waals surface area contributed by atoms with Crippen LogP contribution in [0, 0.1) is 6.92 Å². The van der Waals surface area contributed by atoms with Crippen molar-refractivity contribution in [2.75, 3.05) is 11.1 Å². The first-order valence-corrected chi connectivity index (χ1v) is 7.18. The minimum absolute atomic E-state index is 0.0857. The molecule has 2 N–H and O–H groups in total. The topological polar surface area (TPSA) is 57.8 Å². The van der Waals surface area contributed by atoms with Gasteiger partial charge >= 0.3 is 0 Å². The summed E-state index contributed by atoms with van der Waals surface area (Å²) >= 11 is 2.03. The summed E-state index contributed by atoms with van der Waals surface area (Å²) in [7, 11) is 0. The van der Waals surface area contributed by atoms with E-state index in [-0.39, 0.29) is 5.56 Å². The van der Waals surface area contributed by atoms with Crippen LogP contribution in [0.2, 0.25) is 0 Å². The van der Waals surface area contributed by atoms with Crippen LogP contribution in [0.15, 0.2) is 10.9 Å². The van der Waals surface area contributed by atoms with E-state index in [4.69, 9.17) is 0 Å². The van der Waals surface area contributed by atoms with Crippen LogP contribution in [0.4, 0.5) is 5.82 Å². The van der Waals surface area contributed by atoms with Crippen molar-refractivity contribution in [1.82, 2.24) is 9.97 Å². The van der Waals surface area contributed by atoms with Crippen molar-refractivity contribution in [3.63, 3.8) is 0 Å². The van der Waals surface area contributed by atoms with Gasteiger partial charge < -0.3 is 10.3 Å². The summed E-state index contributed by atoms with van der Waals surface area (Å²) < 4.78 is 0. The van der Waals surface area contributed by atoms with Crippen molar-refractivity contribution in [2.45, 2.75) is 44.4 Å². The molecule has 2 rings (SSSR count). The molecule has 94 valence electrons. The lowest BCUT2D eigenvalue weighted by molar-refractivity contribution is 0.749. The van der Waals surface area contributed by atoms with Crippen molar-refractivity contribution < 1.29 is 0 Å².